The summed E-state index contributed by atoms with van der Waals surface area (Å²) < 4.78 is 4.68. The third kappa shape index (κ3) is 5.60. The van der Waals surface area contributed by atoms with E-state index in [0.717, 1.165) is 83.0 Å². The molecule has 5 nitrogen and oxygen atoms in total. The molecule has 11 rings (SSSR count). The summed E-state index contributed by atoms with van der Waals surface area (Å²) >= 11 is 0. The molecule has 9 aromatic carbocycles. The number of aromatic nitrogens is 2. The fourth-order valence-electron chi connectivity index (χ4n) is 9.35. The van der Waals surface area contributed by atoms with Gasteiger partial charge in [0.05, 0.1) is 39.8 Å². The minimum absolute atomic E-state index is 0.390. The highest BCUT2D eigenvalue weighted by molar-refractivity contribution is 6.21. The van der Waals surface area contributed by atoms with Crippen LogP contribution in [0.25, 0.3) is 104 Å². The van der Waals surface area contributed by atoms with Crippen molar-refractivity contribution in [3.05, 3.63) is 223 Å². The van der Waals surface area contributed by atoms with E-state index >= 15 is 0 Å². The molecule has 0 unspecified atom stereocenters. The molecule has 0 N–H and O–H groups in total. The second-order valence-corrected chi connectivity index (χ2v) is 15.3. The van der Waals surface area contributed by atoms with Gasteiger partial charge in [0.25, 0.3) is 0 Å². The van der Waals surface area contributed by atoms with Gasteiger partial charge in [0.1, 0.15) is 12.1 Å². The quantitative estimate of drug-likeness (QED) is 0.158. The van der Waals surface area contributed by atoms with Crippen molar-refractivity contribution < 1.29 is 0 Å². The highest BCUT2D eigenvalue weighted by Gasteiger charge is 2.24. The minimum Gasteiger partial charge on any atom is -0.309 e. The first kappa shape index (κ1) is 36.2. The van der Waals surface area contributed by atoms with Gasteiger partial charge in [-0.1, -0.05) is 146 Å². The summed E-state index contributed by atoms with van der Waals surface area (Å²) in [5.74, 6) is 0. The van der Waals surface area contributed by atoms with Gasteiger partial charge in [0, 0.05) is 44.0 Å². The lowest BCUT2D eigenvalue weighted by Crippen LogP contribution is -1.98. The Morgan fingerprint density at radius 3 is 1.56 bits per heavy atom. The first-order valence-corrected chi connectivity index (χ1v) is 20.4. The van der Waals surface area contributed by atoms with Crippen LogP contribution in [-0.2, 0) is 0 Å². The Morgan fingerprint density at radius 2 is 0.919 bits per heavy atom. The van der Waals surface area contributed by atoms with Crippen molar-refractivity contribution in [3.63, 3.8) is 0 Å². The molecule has 0 atom stereocenters. The van der Waals surface area contributed by atoms with Gasteiger partial charge >= 0.3 is 0 Å². The minimum atomic E-state index is 0.390. The van der Waals surface area contributed by atoms with Crippen LogP contribution in [0.2, 0.25) is 0 Å². The van der Waals surface area contributed by atoms with Crippen LogP contribution in [0.15, 0.2) is 200 Å². The van der Waals surface area contributed by atoms with Gasteiger partial charge in [-0.3, -0.25) is 0 Å². The van der Waals surface area contributed by atoms with E-state index in [1.807, 2.05) is 97.1 Å². The maximum absolute atomic E-state index is 10.9. The molecule has 2 aromatic heterocycles. The normalized spacial score (nSPS) is 11.2. The summed E-state index contributed by atoms with van der Waals surface area (Å²) in [6.45, 7) is 8.61. The number of nitrogens with zero attached hydrogens (tertiary/aromatic N) is 5. The van der Waals surface area contributed by atoms with Gasteiger partial charge < -0.3 is 9.13 Å². The smallest absolute Gasteiger partial charge is 0.195 e. The molecule has 11 aromatic rings. The van der Waals surface area contributed by atoms with Crippen molar-refractivity contribution in [2.75, 3.05) is 0 Å². The van der Waals surface area contributed by atoms with Crippen LogP contribution in [0.4, 0.5) is 5.69 Å². The Bertz CT molecular complexity index is 3690. The zero-order valence-electron chi connectivity index (χ0n) is 33.3. The standard InChI is InChI=1S/C57H33N5/c1-60-52-31-39(47-32-46(37-17-6-2-7-18-37)50(35-58)56(51(47)36-59)38-19-8-3-9-20-38)29-30-42(52)44-26-16-27-45-49-34-54-48(33-55(49)62(57(44)45)41-23-12-5-13-24-41)43-25-14-15-28-53(43)61(54)40-21-10-4-11-22-40/h2-34H. The molecule has 0 bridgehead atoms. The number of fused-ring (bicyclic) bond motifs is 6. The maximum atomic E-state index is 10.9. The van der Waals surface area contributed by atoms with Crippen molar-refractivity contribution in [2.24, 2.45) is 0 Å². The van der Waals surface area contributed by atoms with Gasteiger partial charge in [-0.15, -0.1) is 0 Å². The van der Waals surface area contributed by atoms with Crippen LogP contribution in [0.3, 0.4) is 0 Å². The molecule has 0 radical (unpaired) electrons. The molecule has 0 spiro atoms. The topological polar surface area (TPSA) is 61.8 Å². The van der Waals surface area contributed by atoms with Crippen molar-refractivity contribution in [1.29, 1.82) is 10.5 Å². The van der Waals surface area contributed by atoms with E-state index in [2.05, 4.69) is 129 Å². The van der Waals surface area contributed by atoms with E-state index in [-0.39, 0.29) is 0 Å². The summed E-state index contributed by atoms with van der Waals surface area (Å²) in [5, 5.41) is 26.0. The van der Waals surface area contributed by atoms with Crippen LogP contribution in [-0.4, -0.2) is 9.13 Å². The summed E-state index contributed by atoms with van der Waals surface area (Å²) in [6, 6.07) is 72.7. The summed E-state index contributed by atoms with van der Waals surface area (Å²) in [7, 11) is 0. The van der Waals surface area contributed by atoms with Gasteiger partial charge in [-0.2, -0.15) is 10.5 Å². The fraction of sp³-hybridized carbons (Fsp3) is 0. The van der Waals surface area contributed by atoms with Crippen LogP contribution in [0.1, 0.15) is 11.1 Å². The van der Waals surface area contributed by atoms with Gasteiger partial charge in [-0.05, 0) is 88.0 Å². The molecule has 5 heteroatoms. The average molecular weight is 788 g/mol. The number of para-hydroxylation sites is 4. The average Bonchev–Trinajstić information content (AvgIpc) is 3.85. The van der Waals surface area contributed by atoms with Crippen LogP contribution in [0.5, 0.6) is 0 Å². The Kier molecular flexibility index (Phi) is 8.57. The second-order valence-electron chi connectivity index (χ2n) is 15.3. The molecule has 0 aliphatic rings. The molecule has 0 saturated carbocycles. The van der Waals surface area contributed by atoms with Gasteiger partial charge in [0.2, 0.25) is 0 Å². The number of nitriles is 2. The largest absolute Gasteiger partial charge is 0.309 e. The summed E-state index contributed by atoms with van der Waals surface area (Å²) in [5.41, 5.74) is 13.8. The highest BCUT2D eigenvalue weighted by atomic mass is 15.0. The SMILES string of the molecule is [C-]#[N+]c1cc(-c2cc(-c3ccccc3)c(C#N)c(-c3ccccc3)c2C#N)ccc1-c1cccc2c3cc4c(cc3n(-c3ccccc3)c12)c1ccccc1n4-c1ccccc1. The second kappa shape index (κ2) is 14.7. The molecular formula is C57H33N5. The van der Waals surface area contributed by atoms with Crippen LogP contribution < -0.4 is 0 Å². The molecule has 0 aliphatic carbocycles. The maximum Gasteiger partial charge on any atom is 0.195 e. The van der Waals surface area contributed by atoms with Crippen molar-refractivity contribution in [2.45, 2.75) is 0 Å². The first-order chi connectivity index (χ1) is 30.7. The molecule has 0 amide bonds. The third-order valence-corrected chi connectivity index (χ3v) is 12.0. The molecule has 62 heavy (non-hydrogen) atoms. The monoisotopic (exact) mass is 787 g/mol. The van der Waals surface area contributed by atoms with Crippen molar-refractivity contribution in [3.8, 4) is 68.0 Å². The summed E-state index contributed by atoms with van der Waals surface area (Å²) in [4.78, 5) is 4.16. The van der Waals surface area contributed by atoms with Crippen molar-refractivity contribution >= 4 is 49.3 Å². The summed E-state index contributed by atoms with van der Waals surface area (Å²) in [6.07, 6.45) is 0. The van der Waals surface area contributed by atoms with E-state index in [4.69, 9.17) is 6.57 Å². The highest BCUT2D eigenvalue weighted by Crippen LogP contribution is 2.46. The van der Waals surface area contributed by atoms with Crippen LogP contribution in [0, 0.1) is 29.2 Å². The van der Waals surface area contributed by atoms with Gasteiger partial charge in [0.15, 0.2) is 5.69 Å². The van der Waals surface area contributed by atoms with Gasteiger partial charge in [-0.25, -0.2) is 4.85 Å². The molecule has 2 heterocycles. The number of benzene rings is 9. The number of rotatable bonds is 6. The first-order valence-electron chi connectivity index (χ1n) is 20.4. The van der Waals surface area contributed by atoms with E-state index in [1.165, 1.54) is 5.39 Å². The predicted octanol–water partition coefficient (Wildman–Crippen LogP) is 14.8. The van der Waals surface area contributed by atoms with E-state index in [1.54, 1.807) is 0 Å². The Hall–Kier alpha value is -8.95. The van der Waals surface area contributed by atoms with E-state index in [9.17, 15) is 10.5 Å². The lowest BCUT2D eigenvalue weighted by molar-refractivity contribution is 1.17. The molecular weight excluding hydrogens is 755 g/mol. The zero-order valence-corrected chi connectivity index (χ0v) is 33.3. The van der Waals surface area contributed by atoms with E-state index < -0.39 is 0 Å². The van der Waals surface area contributed by atoms with Crippen molar-refractivity contribution in [1.82, 2.24) is 9.13 Å². The third-order valence-electron chi connectivity index (χ3n) is 12.0. The fourth-order valence-corrected chi connectivity index (χ4v) is 9.35. The Balaban J connectivity index is 1.18. The molecule has 286 valence electrons. The Morgan fingerprint density at radius 1 is 0.387 bits per heavy atom. The molecule has 0 aliphatic heterocycles. The lowest BCUT2D eigenvalue weighted by Gasteiger charge is -2.18. The Labute approximate surface area is 358 Å². The van der Waals surface area contributed by atoms with E-state index in [0.29, 0.717) is 27.9 Å². The molecule has 0 fully saturated rings. The zero-order chi connectivity index (χ0) is 41.7. The number of hydrogen-bond acceptors (Lipinski definition) is 2. The van der Waals surface area contributed by atoms with Crippen LogP contribution >= 0.6 is 0 Å². The predicted molar refractivity (Wildman–Crippen MR) is 253 cm³/mol. The lowest BCUT2D eigenvalue weighted by atomic mass is 9.83. The molecule has 0 saturated heterocycles. The number of hydrogen-bond donors (Lipinski definition) is 0.